The largest absolute Gasteiger partial charge is 0.0588 e. The molecule has 0 bridgehead atoms. The fourth-order valence-corrected chi connectivity index (χ4v) is 2.26. The summed E-state index contributed by atoms with van der Waals surface area (Å²) in [6.07, 6.45) is 2.25. The van der Waals surface area contributed by atoms with Gasteiger partial charge in [-0.05, 0) is 83.7 Å². The molecule has 0 radical (unpaired) electrons. The summed E-state index contributed by atoms with van der Waals surface area (Å²) in [6, 6.07) is 15.6. The molecule has 2 aromatic rings. The first-order valence-corrected chi connectivity index (χ1v) is 7.03. The molecule has 0 saturated carbocycles. The third-order valence-corrected chi connectivity index (χ3v) is 3.91. The minimum Gasteiger partial charge on any atom is -0.0588 e. The lowest BCUT2D eigenvalue weighted by molar-refractivity contribution is 0.956. The van der Waals surface area contributed by atoms with Crippen molar-refractivity contribution in [2.24, 2.45) is 0 Å². The molecule has 0 fully saturated rings. The molecule has 0 aliphatic carbocycles. The predicted molar refractivity (Wildman–Crippen MR) is 82.5 cm³/mol. The highest BCUT2D eigenvalue weighted by Gasteiger charge is 1.98. The van der Waals surface area contributed by atoms with Crippen molar-refractivity contribution in [2.75, 3.05) is 0 Å². The summed E-state index contributed by atoms with van der Waals surface area (Å²) in [4.78, 5) is 0. The topological polar surface area (TPSA) is 0 Å². The van der Waals surface area contributed by atoms with Crippen LogP contribution in [0.15, 0.2) is 42.5 Å². The van der Waals surface area contributed by atoms with Crippen molar-refractivity contribution < 1.29 is 0 Å². The standard InChI is InChI=1S/C16H17I/c1-12-3-4-15(11-13(12)2)6-5-14-7-9-16(17)10-8-14/h3-4,7-11H,5-6H2,1-2H3. The fraction of sp³-hybridized carbons (Fsp3) is 0.250. The van der Waals surface area contributed by atoms with E-state index in [0.717, 1.165) is 12.8 Å². The van der Waals surface area contributed by atoms with Crippen LogP contribution in [0.2, 0.25) is 0 Å². The first kappa shape index (κ1) is 12.6. The summed E-state index contributed by atoms with van der Waals surface area (Å²) in [5, 5.41) is 0. The van der Waals surface area contributed by atoms with Crippen LogP contribution in [-0.4, -0.2) is 0 Å². The van der Waals surface area contributed by atoms with Gasteiger partial charge in [0.2, 0.25) is 0 Å². The van der Waals surface area contributed by atoms with Crippen LogP contribution in [0.3, 0.4) is 0 Å². The second-order valence-corrected chi connectivity index (χ2v) is 5.79. The van der Waals surface area contributed by atoms with E-state index in [9.17, 15) is 0 Å². The van der Waals surface area contributed by atoms with Crippen molar-refractivity contribution in [1.82, 2.24) is 0 Å². The minimum absolute atomic E-state index is 1.12. The second kappa shape index (κ2) is 5.67. The highest BCUT2D eigenvalue weighted by Crippen LogP contribution is 2.13. The van der Waals surface area contributed by atoms with Crippen molar-refractivity contribution in [3.05, 3.63) is 68.3 Å². The monoisotopic (exact) mass is 336 g/mol. The quantitative estimate of drug-likeness (QED) is 0.713. The lowest BCUT2D eigenvalue weighted by Gasteiger charge is -2.05. The van der Waals surface area contributed by atoms with Gasteiger partial charge in [0, 0.05) is 3.57 Å². The van der Waals surface area contributed by atoms with Crippen LogP contribution in [0.4, 0.5) is 0 Å². The van der Waals surface area contributed by atoms with E-state index in [1.54, 1.807) is 0 Å². The molecular formula is C16H17I. The molecule has 2 aromatic carbocycles. The maximum atomic E-state index is 2.34. The number of rotatable bonds is 3. The van der Waals surface area contributed by atoms with E-state index in [0.29, 0.717) is 0 Å². The first-order valence-electron chi connectivity index (χ1n) is 5.96. The number of halogens is 1. The maximum absolute atomic E-state index is 2.34. The van der Waals surface area contributed by atoms with Crippen LogP contribution in [0.25, 0.3) is 0 Å². The van der Waals surface area contributed by atoms with Gasteiger partial charge in [-0.2, -0.15) is 0 Å². The number of hydrogen-bond acceptors (Lipinski definition) is 0. The van der Waals surface area contributed by atoms with E-state index in [4.69, 9.17) is 0 Å². The average molecular weight is 336 g/mol. The summed E-state index contributed by atoms with van der Waals surface area (Å²) in [6.45, 7) is 4.35. The van der Waals surface area contributed by atoms with Gasteiger partial charge in [-0.25, -0.2) is 0 Å². The maximum Gasteiger partial charge on any atom is 0.0130 e. The van der Waals surface area contributed by atoms with Crippen LogP contribution < -0.4 is 0 Å². The molecule has 0 aromatic heterocycles. The highest BCUT2D eigenvalue weighted by atomic mass is 127. The zero-order chi connectivity index (χ0) is 12.3. The van der Waals surface area contributed by atoms with Crippen molar-refractivity contribution >= 4 is 22.6 Å². The Morgan fingerprint density at radius 2 is 1.35 bits per heavy atom. The molecule has 0 unspecified atom stereocenters. The molecule has 2 rings (SSSR count). The smallest absolute Gasteiger partial charge is 0.0130 e. The van der Waals surface area contributed by atoms with E-state index in [1.807, 2.05) is 0 Å². The highest BCUT2D eigenvalue weighted by molar-refractivity contribution is 14.1. The van der Waals surface area contributed by atoms with E-state index < -0.39 is 0 Å². The van der Waals surface area contributed by atoms with Gasteiger partial charge in [0.1, 0.15) is 0 Å². The Morgan fingerprint density at radius 1 is 0.765 bits per heavy atom. The summed E-state index contributed by atoms with van der Waals surface area (Å²) >= 11 is 2.34. The van der Waals surface area contributed by atoms with Crippen LogP contribution >= 0.6 is 22.6 Å². The van der Waals surface area contributed by atoms with Gasteiger partial charge in [-0.1, -0.05) is 30.3 Å². The summed E-state index contributed by atoms with van der Waals surface area (Å²) < 4.78 is 1.30. The Hall–Kier alpha value is -0.830. The Kier molecular flexibility index (Phi) is 4.21. The molecule has 88 valence electrons. The van der Waals surface area contributed by atoms with Gasteiger partial charge in [-0.3, -0.25) is 0 Å². The molecule has 17 heavy (non-hydrogen) atoms. The third kappa shape index (κ3) is 3.56. The van der Waals surface area contributed by atoms with E-state index in [1.165, 1.54) is 25.8 Å². The molecule has 0 saturated heterocycles. The lowest BCUT2D eigenvalue weighted by Crippen LogP contribution is -1.93. The average Bonchev–Trinajstić information content (AvgIpc) is 2.33. The summed E-state index contributed by atoms with van der Waals surface area (Å²) in [5.41, 5.74) is 5.63. The zero-order valence-electron chi connectivity index (χ0n) is 10.3. The van der Waals surface area contributed by atoms with E-state index >= 15 is 0 Å². The van der Waals surface area contributed by atoms with Gasteiger partial charge in [-0.15, -0.1) is 0 Å². The van der Waals surface area contributed by atoms with Gasteiger partial charge in [0.05, 0.1) is 0 Å². The summed E-state index contributed by atoms with van der Waals surface area (Å²) in [5.74, 6) is 0. The van der Waals surface area contributed by atoms with Crippen molar-refractivity contribution in [3.63, 3.8) is 0 Å². The minimum atomic E-state index is 1.12. The predicted octanol–water partition coefficient (Wildman–Crippen LogP) is 4.69. The Morgan fingerprint density at radius 3 is 2.00 bits per heavy atom. The SMILES string of the molecule is Cc1ccc(CCc2ccc(I)cc2)cc1C. The fourth-order valence-electron chi connectivity index (χ4n) is 1.90. The second-order valence-electron chi connectivity index (χ2n) is 4.55. The van der Waals surface area contributed by atoms with Gasteiger partial charge in [0.15, 0.2) is 0 Å². The Labute approximate surface area is 117 Å². The number of hydrogen-bond donors (Lipinski definition) is 0. The zero-order valence-corrected chi connectivity index (χ0v) is 12.5. The molecular weight excluding hydrogens is 319 g/mol. The lowest BCUT2D eigenvalue weighted by atomic mass is 10.0. The van der Waals surface area contributed by atoms with Gasteiger partial charge in [0.25, 0.3) is 0 Å². The van der Waals surface area contributed by atoms with Crippen molar-refractivity contribution in [2.45, 2.75) is 26.7 Å². The van der Waals surface area contributed by atoms with Gasteiger partial charge < -0.3 is 0 Å². The molecule has 0 amide bonds. The van der Waals surface area contributed by atoms with Crippen LogP contribution in [-0.2, 0) is 12.8 Å². The molecule has 0 spiro atoms. The normalized spacial score (nSPS) is 10.5. The van der Waals surface area contributed by atoms with E-state index in [-0.39, 0.29) is 0 Å². The number of aryl methyl sites for hydroxylation is 4. The molecule has 0 nitrogen and oxygen atoms in total. The molecule has 1 heteroatoms. The first-order chi connectivity index (χ1) is 8.15. The van der Waals surface area contributed by atoms with Crippen LogP contribution in [0, 0.1) is 17.4 Å². The third-order valence-electron chi connectivity index (χ3n) is 3.19. The van der Waals surface area contributed by atoms with E-state index in [2.05, 4.69) is 78.9 Å². The molecule has 0 aliphatic heterocycles. The molecule has 0 heterocycles. The van der Waals surface area contributed by atoms with Gasteiger partial charge >= 0.3 is 0 Å². The number of benzene rings is 2. The Bertz CT molecular complexity index is 497. The molecule has 0 atom stereocenters. The van der Waals surface area contributed by atoms with Crippen molar-refractivity contribution in [1.29, 1.82) is 0 Å². The van der Waals surface area contributed by atoms with Crippen LogP contribution in [0.5, 0.6) is 0 Å². The molecule has 0 N–H and O–H groups in total. The summed E-state index contributed by atoms with van der Waals surface area (Å²) in [7, 11) is 0. The Balaban J connectivity index is 2.02. The van der Waals surface area contributed by atoms with Crippen molar-refractivity contribution in [3.8, 4) is 0 Å². The van der Waals surface area contributed by atoms with Crippen LogP contribution in [0.1, 0.15) is 22.3 Å². The molecule has 0 aliphatic rings.